The van der Waals surface area contributed by atoms with E-state index in [4.69, 9.17) is 0 Å². The van der Waals surface area contributed by atoms with E-state index in [1.807, 2.05) is 13.0 Å². The molecule has 2 heteroatoms. The molecule has 4 rings (SSSR count). The summed E-state index contributed by atoms with van der Waals surface area (Å²) in [6.45, 7) is 7.50. The van der Waals surface area contributed by atoms with Crippen molar-refractivity contribution in [2.75, 3.05) is 0 Å². The van der Waals surface area contributed by atoms with Gasteiger partial charge in [0.2, 0.25) is 0 Å². The molecule has 3 aliphatic rings. The molecule has 1 aromatic rings. The Balaban J connectivity index is 1.67. The van der Waals surface area contributed by atoms with Crippen molar-refractivity contribution in [2.45, 2.75) is 51.8 Å². The third-order valence-electron chi connectivity index (χ3n) is 5.80. The van der Waals surface area contributed by atoms with Crippen LogP contribution < -0.4 is 5.32 Å². The summed E-state index contributed by atoms with van der Waals surface area (Å²) in [5.74, 6) is 1.21. The van der Waals surface area contributed by atoms with Crippen LogP contribution in [0.3, 0.4) is 0 Å². The molecule has 3 aliphatic carbocycles. The minimum absolute atomic E-state index is 0.226. The van der Waals surface area contributed by atoms with E-state index in [2.05, 4.69) is 43.4 Å². The Bertz CT molecular complexity index is 452. The largest absolute Gasteiger partial charge is 0.388 e. The molecule has 1 aromatic carbocycles. The Hall–Kier alpha value is -0.860. The van der Waals surface area contributed by atoms with Crippen molar-refractivity contribution in [3.8, 4) is 0 Å². The zero-order chi connectivity index (χ0) is 13.7. The van der Waals surface area contributed by atoms with Gasteiger partial charge in [0.05, 0.1) is 5.60 Å². The van der Waals surface area contributed by atoms with Crippen molar-refractivity contribution in [1.29, 1.82) is 0 Å². The minimum Gasteiger partial charge on any atom is -0.388 e. The van der Waals surface area contributed by atoms with E-state index in [9.17, 15) is 5.11 Å². The molecule has 0 saturated heterocycles. The van der Waals surface area contributed by atoms with Gasteiger partial charge < -0.3 is 10.4 Å². The highest BCUT2D eigenvalue weighted by atomic mass is 16.3. The second kappa shape index (κ2) is 4.32. The van der Waals surface area contributed by atoms with Gasteiger partial charge in [-0.05, 0) is 42.6 Å². The summed E-state index contributed by atoms with van der Waals surface area (Å²) in [6, 6.07) is 10.7. The summed E-state index contributed by atoms with van der Waals surface area (Å²) in [7, 11) is 0. The van der Waals surface area contributed by atoms with Gasteiger partial charge in [-0.15, -0.1) is 0 Å². The third kappa shape index (κ3) is 2.02. The number of nitrogens with one attached hydrogen (secondary N) is 1. The topological polar surface area (TPSA) is 32.3 Å². The maximum atomic E-state index is 10.9. The van der Waals surface area contributed by atoms with Crippen LogP contribution in [-0.2, 0) is 6.54 Å². The highest BCUT2D eigenvalue weighted by Gasteiger charge is 2.62. The number of aliphatic hydroxyl groups is 1. The van der Waals surface area contributed by atoms with E-state index in [0.29, 0.717) is 11.3 Å². The van der Waals surface area contributed by atoms with E-state index < -0.39 is 5.60 Å². The fourth-order valence-corrected chi connectivity index (χ4v) is 4.30. The molecule has 104 valence electrons. The first-order valence-corrected chi connectivity index (χ1v) is 7.42. The van der Waals surface area contributed by atoms with E-state index >= 15 is 0 Å². The maximum Gasteiger partial charge on any atom is 0.0805 e. The second-order valence-corrected chi connectivity index (χ2v) is 7.19. The Morgan fingerprint density at radius 3 is 2.42 bits per heavy atom. The van der Waals surface area contributed by atoms with Gasteiger partial charge in [0, 0.05) is 12.6 Å². The molecule has 0 heterocycles. The van der Waals surface area contributed by atoms with E-state index in [0.717, 1.165) is 18.9 Å². The van der Waals surface area contributed by atoms with Gasteiger partial charge in [-0.1, -0.05) is 44.2 Å². The van der Waals surface area contributed by atoms with Crippen molar-refractivity contribution in [3.63, 3.8) is 0 Å². The van der Waals surface area contributed by atoms with Crippen LogP contribution in [0.4, 0.5) is 0 Å². The van der Waals surface area contributed by atoms with Gasteiger partial charge >= 0.3 is 0 Å². The predicted molar refractivity (Wildman–Crippen MR) is 77.7 cm³/mol. The highest BCUT2D eigenvalue weighted by Crippen LogP contribution is 2.62. The van der Waals surface area contributed by atoms with Gasteiger partial charge in [-0.25, -0.2) is 0 Å². The first-order valence-electron chi connectivity index (χ1n) is 7.42. The summed E-state index contributed by atoms with van der Waals surface area (Å²) in [4.78, 5) is 0. The molecule has 19 heavy (non-hydrogen) atoms. The SMILES string of the molecule is CC1(C)[C@@H]2C[C@H]1[C@@](C)(O)[C@H](NCc1ccccc1)C2. The molecule has 0 unspecified atom stereocenters. The Morgan fingerprint density at radius 2 is 1.84 bits per heavy atom. The summed E-state index contributed by atoms with van der Waals surface area (Å²) in [5, 5.41) is 14.5. The lowest BCUT2D eigenvalue weighted by atomic mass is 9.43. The lowest BCUT2D eigenvalue weighted by Gasteiger charge is -2.65. The molecule has 2 N–H and O–H groups in total. The monoisotopic (exact) mass is 259 g/mol. The number of fused-ring (bicyclic) bond motifs is 2. The Kier molecular flexibility index (Phi) is 2.99. The van der Waals surface area contributed by atoms with Gasteiger partial charge in [0.15, 0.2) is 0 Å². The quantitative estimate of drug-likeness (QED) is 0.874. The third-order valence-corrected chi connectivity index (χ3v) is 5.80. The summed E-state index contributed by atoms with van der Waals surface area (Å²) < 4.78 is 0. The molecule has 3 fully saturated rings. The average Bonchev–Trinajstić information content (AvgIpc) is 2.37. The molecule has 2 bridgehead atoms. The molecule has 0 aliphatic heterocycles. The standard InChI is InChI=1S/C17H25NO/c1-16(2)13-9-14(16)17(3,19)15(10-13)18-11-12-7-5-4-6-8-12/h4-8,13-15,18-19H,9-11H2,1-3H3/t13-,14-,15-,17-/m1/s1. The van der Waals surface area contributed by atoms with Crippen LogP contribution >= 0.6 is 0 Å². The van der Waals surface area contributed by atoms with Crippen molar-refractivity contribution in [2.24, 2.45) is 17.3 Å². The second-order valence-electron chi connectivity index (χ2n) is 7.19. The smallest absolute Gasteiger partial charge is 0.0805 e. The number of benzene rings is 1. The molecule has 4 atom stereocenters. The van der Waals surface area contributed by atoms with E-state index in [1.165, 1.54) is 12.0 Å². The van der Waals surface area contributed by atoms with Crippen LogP contribution in [0.5, 0.6) is 0 Å². The lowest BCUT2D eigenvalue weighted by molar-refractivity contribution is -0.209. The van der Waals surface area contributed by atoms with Gasteiger partial charge in [-0.3, -0.25) is 0 Å². The van der Waals surface area contributed by atoms with Crippen LogP contribution in [0.25, 0.3) is 0 Å². The average molecular weight is 259 g/mol. The summed E-state index contributed by atoms with van der Waals surface area (Å²) in [5.41, 5.74) is 1.03. The number of hydrogen-bond acceptors (Lipinski definition) is 2. The Labute approximate surface area is 116 Å². The zero-order valence-corrected chi connectivity index (χ0v) is 12.2. The highest BCUT2D eigenvalue weighted by molar-refractivity contribution is 5.17. The van der Waals surface area contributed by atoms with Gasteiger partial charge in [0.1, 0.15) is 0 Å². The van der Waals surface area contributed by atoms with Crippen LogP contribution in [0.2, 0.25) is 0 Å². The predicted octanol–water partition coefficient (Wildman–Crippen LogP) is 2.96. The van der Waals surface area contributed by atoms with Crippen molar-refractivity contribution in [1.82, 2.24) is 5.32 Å². The molecule has 3 saturated carbocycles. The molecular formula is C17H25NO. The fourth-order valence-electron chi connectivity index (χ4n) is 4.30. The Morgan fingerprint density at radius 1 is 1.16 bits per heavy atom. The normalized spacial score (nSPS) is 39.7. The first kappa shape index (κ1) is 13.1. The van der Waals surface area contributed by atoms with Gasteiger partial charge in [0.25, 0.3) is 0 Å². The summed E-state index contributed by atoms with van der Waals surface area (Å²) >= 11 is 0. The number of rotatable bonds is 3. The molecule has 0 spiro atoms. The van der Waals surface area contributed by atoms with E-state index in [1.54, 1.807) is 0 Å². The lowest BCUT2D eigenvalue weighted by Crippen LogP contribution is -2.69. The van der Waals surface area contributed by atoms with Crippen LogP contribution in [0.15, 0.2) is 30.3 Å². The van der Waals surface area contributed by atoms with Crippen LogP contribution in [0.1, 0.15) is 39.2 Å². The van der Waals surface area contributed by atoms with Crippen molar-refractivity contribution < 1.29 is 5.11 Å². The first-order chi connectivity index (χ1) is 8.92. The van der Waals surface area contributed by atoms with Crippen molar-refractivity contribution in [3.05, 3.63) is 35.9 Å². The number of hydrogen-bond donors (Lipinski definition) is 2. The zero-order valence-electron chi connectivity index (χ0n) is 12.2. The molecule has 0 radical (unpaired) electrons. The summed E-state index contributed by atoms with van der Waals surface area (Å²) in [6.07, 6.45) is 2.30. The molecule has 0 amide bonds. The molecule has 2 nitrogen and oxygen atoms in total. The van der Waals surface area contributed by atoms with Crippen molar-refractivity contribution >= 4 is 0 Å². The van der Waals surface area contributed by atoms with Crippen LogP contribution in [0, 0.1) is 17.3 Å². The van der Waals surface area contributed by atoms with Gasteiger partial charge in [-0.2, -0.15) is 0 Å². The van der Waals surface area contributed by atoms with E-state index in [-0.39, 0.29) is 6.04 Å². The molecular weight excluding hydrogens is 234 g/mol. The van der Waals surface area contributed by atoms with Crippen LogP contribution in [-0.4, -0.2) is 16.7 Å². The fraction of sp³-hybridized carbons (Fsp3) is 0.647. The molecule has 0 aromatic heterocycles. The minimum atomic E-state index is -0.576. The maximum absolute atomic E-state index is 10.9.